The number of carbonyl (C=O) groups is 2. The summed E-state index contributed by atoms with van der Waals surface area (Å²) in [7, 11) is 0. The number of furan rings is 1. The number of amides is 1. The topological polar surface area (TPSA) is 117 Å². The smallest absolute Gasteiger partial charge is 0.305 e. The van der Waals surface area contributed by atoms with Crippen LogP contribution in [0, 0.1) is 10.1 Å². The molecule has 0 saturated carbocycles. The van der Waals surface area contributed by atoms with Crippen LogP contribution in [0.1, 0.15) is 30.3 Å². The largest absolute Gasteiger partial charge is 0.466 e. The number of thiocarbonyl (C=S) groups is 1. The Morgan fingerprint density at radius 3 is 2.68 bits per heavy atom. The predicted octanol–water partition coefficient (Wildman–Crippen LogP) is 3.87. The summed E-state index contributed by atoms with van der Waals surface area (Å²) in [6.45, 7) is 2.35. The summed E-state index contributed by atoms with van der Waals surface area (Å²) in [6.07, 6.45) is 0.627. The summed E-state index contributed by atoms with van der Waals surface area (Å²) in [5.74, 6) is -0.0592. The van der Waals surface area contributed by atoms with E-state index >= 15 is 0 Å². The standard InChI is InChI=1S/C20H17N3O7S/c1-2-28-17(24)4-3-9-21-19(25)15-10-16-14(22(15)20(21)31)11-18(30-16)29-13-7-5-12(6-8-13)23(26)27/h5-8,10-11H,2-4,9H2,1H3. The highest BCUT2D eigenvalue weighted by molar-refractivity contribution is 7.80. The van der Waals surface area contributed by atoms with Crippen LogP contribution in [0.15, 0.2) is 40.8 Å². The maximum atomic E-state index is 12.7. The Morgan fingerprint density at radius 1 is 1.26 bits per heavy atom. The lowest BCUT2D eigenvalue weighted by Crippen LogP contribution is -2.32. The molecular weight excluding hydrogens is 426 g/mol. The van der Waals surface area contributed by atoms with E-state index in [0.29, 0.717) is 47.2 Å². The third-order valence-corrected chi connectivity index (χ3v) is 5.09. The molecular formula is C20H17N3O7S. The molecule has 160 valence electrons. The molecule has 3 heterocycles. The normalized spacial score (nSPS) is 13.0. The van der Waals surface area contributed by atoms with E-state index in [1.54, 1.807) is 23.6 Å². The maximum absolute atomic E-state index is 12.7. The Labute approximate surface area is 181 Å². The van der Waals surface area contributed by atoms with Gasteiger partial charge in [0, 0.05) is 37.2 Å². The molecule has 0 bridgehead atoms. The molecule has 31 heavy (non-hydrogen) atoms. The molecule has 0 fully saturated rings. The SMILES string of the molecule is CCOC(=O)CCCN1C(=O)c2cc3oc(Oc4ccc([N+](=O)[O-])cc4)cc3n2C1=S. The number of nitrogens with zero attached hydrogens (tertiary/aromatic N) is 3. The number of nitro groups is 1. The van der Waals surface area contributed by atoms with Gasteiger partial charge in [-0.1, -0.05) is 0 Å². The van der Waals surface area contributed by atoms with E-state index < -0.39 is 4.92 Å². The average molecular weight is 443 g/mol. The summed E-state index contributed by atoms with van der Waals surface area (Å²) < 4.78 is 17.8. The van der Waals surface area contributed by atoms with Gasteiger partial charge in [-0.05, 0) is 37.7 Å². The van der Waals surface area contributed by atoms with E-state index in [-0.39, 0.29) is 29.9 Å². The van der Waals surface area contributed by atoms with Crippen LogP contribution in [0.5, 0.6) is 11.7 Å². The van der Waals surface area contributed by atoms with Crippen molar-refractivity contribution in [1.29, 1.82) is 0 Å². The molecule has 4 rings (SSSR count). The first-order valence-electron chi connectivity index (χ1n) is 9.48. The van der Waals surface area contributed by atoms with Crippen molar-refractivity contribution in [3.63, 3.8) is 0 Å². The first-order chi connectivity index (χ1) is 14.9. The fraction of sp³-hybridized carbons (Fsp3) is 0.250. The maximum Gasteiger partial charge on any atom is 0.305 e. The van der Waals surface area contributed by atoms with Crippen molar-refractivity contribution in [3.05, 3.63) is 52.2 Å². The monoisotopic (exact) mass is 443 g/mol. The Morgan fingerprint density at radius 2 is 2.00 bits per heavy atom. The van der Waals surface area contributed by atoms with Crippen molar-refractivity contribution in [3.8, 4) is 11.7 Å². The second-order valence-corrected chi connectivity index (χ2v) is 7.05. The second kappa shape index (κ2) is 8.19. The number of nitro benzene ring substituents is 1. The van der Waals surface area contributed by atoms with E-state index in [1.165, 1.54) is 29.2 Å². The highest BCUT2D eigenvalue weighted by Gasteiger charge is 2.35. The number of ether oxygens (including phenoxy) is 2. The van der Waals surface area contributed by atoms with Crippen molar-refractivity contribution in [1.82, 2.24) is 9.47 Å². The number of hydrogen-bond acceptors (Lipinski definition) is 8. The molecule has 0 radical (unpaired) electrons. The van der Waals surface area contributed by atoms with Gasteiger partial charge in [0.1, 0.15) is 11.4 Å². The minimum atomic E-state index is -0.499. The highest BCUT2D eigenvalue weighted by Crippen LogP contribution is 2.34. The van der Waals surface area contributed by atoms with Gasteiger partial charge >= 0.3 is 5.97 Å². The van der Waals surface area contributed by atoms with Crippen LogP contribution < -0.4 is 4.74 Å². The first-order valence-corrected chi connectivity index (χ1v) is 9.89. The Hall–Kier alpha value is -3.73. The molecule has 0 atom stereocenters. The van der Waals surface area contributed by atoms with Gasteiger partial charge in [0.05, 0.1) is 17.0 Å². The number of non-ortho nitro benzene ring substituents is 1. The van der Waals surface area contributed by atoms with Crippen molar-refractivity contribution >= 4 is 46.0 Å². The Balaban J connectivity index is 1.49. The van der Waals surface area contributed by atoms with Crippen LogP contribution in [-0.4, -0.2) is 44.5 Å². The molecule has 3 aromatic rings. The molecule has 11 heteroatoms. The number of aromatic nitrogens is 1. The van der Waals surface area contributed by atoms with Crippen LogP contribution in [0.2, 0.25) is 0 Å². The van der Waals surface area contributed by atoms with Gasteiger partial charge in [-0.25, -0.2) is 0 Å². The minimum Gasteiger partial charge on any atom is -0.466 e. The summed E-state index contributed by atoms with van der Waals surface area (Å²) >= 11 is 5.47. The Kier molecular flexibility index (Phi) is 5.42. The van der Waals surface area contributed by atoms with Gasteiger partial charge in [0.25, 0.3) is 17.5 Å². The zero-order chi connectivity index (χ0) is 22.1. The van der Waals surface area contributed by atoms with E-state index in [2.05, 4.69) is 0 Å². The van der Waals surface area contributed by atoms with E-state index in [1.807, 2.05) is 0 Å². The quantitative estimate of drug-likeness (QED) is 0.223. The molecule has 1 aliphatic heterocycles. The molecule has 0 unspecified atom stereocenters. The van der Waals surface area contributed by atoms with Gasteiger partial charge in [0.2, 0.25) is 0 Å². The lowest BCUT2D eigenvalue weighted by atomic mass is 10.3. The molecule has 1 amide bonds. The summed E-state index contributed by atoms with van der Waals surface area (Å²) in [6, 6.07) is 8.75. The van der Waals surface area contributed by atoms with Crippen LogP contribution in [0.3, 0.4) is 0 Å². The molecule has 1 aromatic carbocycles. The van der Waals surface area contributed by atoms with Gasteiger partial charge in [0.15, 0.2) is 10.7 Å². The lowest BCUT2D eigenvalue weighted by Gasteiger charge is -2.15. The van der Waals surface area contributed by atoms with Crippen molar-refractivity contribution in [2.45, 2.75) is 19.8 Å². The highest BCUT2D eigenvalue weighted by atomic mass is 32.1. The van der Waals surface area contributed by atoms with E-state index in [4.69, 9.17) is 26.1 Å². The summed E-state index contributed by atoms with van der Waals surface area (Å²) in [5, 5.41) is 11.0. The van der Waals surface area contributed by atoms with Gasteiger partial charge in [-0.15, -0.1) is 0 Å². The minimum absolute atomic E-state index is 0.0501. The number of rotatable bonds is 8. The lowest BCUT2D eigenvalue weighted by molar-refractivity contribution is -0.384. The number of carbonyl (C=O) groups excluding carboxylic acids is 2. The number of hydrogen-bond donors (Lipinski definition) is 0. The zero-order valence-corrected chi connectivity index (χ0v) is 17.2. The van der Waals surface area contributed by atoms with E-state index in [0.717, 1.165) is 0 Å². The van der Waals surface area contributed by atoms with Crippen molar-refractivity contribution in [2.75, 3.05) is 13.2 Å². The third kappa shape index (κ3) is 3.87. The summed E-state index contributed by atoms with van der Waals surface area (Å²) in [5.41, 5.74) is 1.31. The second-order valence-electron chi connectivity index (χ2n) is 6.68. The van der Waals surface area contributed by atoms with Crippen molar-refractivity contribution < 1.29 is 28.4 Å². The van der Waals surface area contributed by atoms with Crippen LogP contribution in [0.25, 0.3) is 11.1 Å². The molecule has 0 N–H and O–H groups in total. The van der Waals surface area contributed by atoms with E-state index in [9.17, 15) is 19.7 Å². The van der Waals surface area contributed by atoms with Gasteiger partial charge in [-0.3, -0.25) is 29.2 Å². The molecule has 0 spiro atoms. The van der Waals surface area contributed by atoms with Gasteiger partial charge in [-0.2, -0.15) is 0 Å². The van der Waals surface area contributed by atoms with Crippen LogP contribution in [0.4, 0.5) is 5.69 Å². The molecule has 0 aliphatic carbocycles. The fourth-order valence-corrected chi connectivity index (χ4v) is 3.66. The van der Waals surface area contributed by atoms with Gasteiger partial charge < -0.3 is 13.9 Å². The first kappa shape index (κ1) is 20.5. The van der Waals surface area contributed by atoms with Crippen LogP contribution >= 0.6 is 12.2 Å². The fourth-order valence-electron chi connectivity index (χ4n) is 3.29. The molecule has 0 saturated heterocycles. The Bertz CT molecular complexity index is 1200. The zero-order valence-electron chi connectivity index (χ0n) is 16.4. The number of benzene rings is 1. The number of esters is 1. The summed E-state index contributed by atoms with van der Waals surface area (Å²) in [4.78, 5) is 35.9. The number of fused-ring (bicyclic) bond motifs is 3. The van der Waals surface area contributed by atoms with Crippen LogP contribution in [-0.2, 0) is 9.53 Å². The molecule has 2 aromatic heterocycles. The average Bonchev–Trinajstić information content (AvgIpc) is 3.34. The predicted molar refractivity (Wildman–Crippen MR) is 112 cm³/mol. The van der Waals surface area contributed by atoms with Crippen molar-refractivity contribution in [2.24, 2.45) is 0 Å². The molecule has 10 nitrogen and oxygen atoms in total. The third-order valence-electron chi connectivity index (χ3n) is 4.69. The molecule has 1 aliphatic rings.